The van der Waals surface area contributed by atoms with Crippen LogP contribution in [0.1, 0.15) is 0 Å². The van der Waals surface area contributed by atoms with Crippen LogP contribution < -0.4 is 0 Å². The summed E-state index contributed by atoms with van der Waals surface area (Å²) in [5.74, 6) is 0.646. The molecule has 0 aliphatic heterocycles. The largest absolute Gasteiger partial charge is 0.456 e. The van der Waals surface area contributed by atoms with Gasteiger partial charge in [-0.2, -0.15) is 0 Å². The zero-order chi connectivity index (χ0) is 34.2. The van der Waals surface area contributed by atoms with Crippen LogP contribution in [0.4, 0.5) is 0 Å². The monoisotopic (exact) mass is 664 g/mol. The lowest BCUT2D eigenvalue weighted by Crippen LogP contribution is -1.96. The second-order valence-electron chi connectivity index (χ2n) is 13.3. The van der Waals surface area contributed by atoms with E-state index in [0.717, 1.165) is 83.1 Å². The Morgan fingerprint density at radius 3 is 1.79 bits per heavy atom. The average Bonchev–Trinajstić information content (AvgIpc) is 3.80. The Balaban J connectivity index is 1.18. The van der Waals surface area contributed by atoms with Gasteiger partial charge in [0.2, 0.25) is 0 Å². The number of furan rings is 2. The number of fused-ring (bicyclic) bond motifs is 9. The molecule has 0 aliphatic carbocycles. The van der Waals surface area contributed by atoms with E-state index in [4.69, 9.17) is 18.8 Å². The standard InChI is InChI=1S/C48H28N2O2/c1-2-12-31(13-3-1)48-49-40(28-41(50-48)38-19-8-17-36-35-15-6-7-20-42(35)52-47(36)38)37-18-10-22-44-46(37)45-34(16-9-21-43(45)51-44)32-26-25-30-24-23-29-11-4-5-14-33(29)39(30)27-32/h1-28H. The molecule has 4 nitrogen and oxygen atoms in total. The number of para-hydroxylation sites is 2. The molecule has 8 aromatic carbocycles. The molecule has 0 radical (unpaired) electrons. The van der Waals surface area contributed by atoms with Gasteiger partial charge in [-0.05, 0) is 69.1 Å². The van der Waals surface area contributed by atoms with Crippen molar-refractivity contribution in [3.63, 3.8) is 0 Å². The molecule has 0 N–H and O–H groups in total. The molecule has 3 heterocycles. The molecule has 0 saturated carbocycles. The Labute approximate surface area is 298 Å². The highest BCUT2D eigenvalue weighted by Crippen LogP contribution is 2.43. The Hall–Kier alpha value is -7.04. The van der Waals surface area contributed by atoms with E-state index in [2.05, 4.69) is 121 Å². The molecule has 0 amide bonds. The van der Waals surface area contributed by atoms with E-state index in [1.54, 1.807) is 0 Å². The summed E-state index contributed by atoms with van der Waals surface area (Å²) in [6, 6.07) is 59.0. The van der Waals surface area contributed by atoms with Gasteiger partial charge in [-0.3, -0.25) is 0 Å². The van der Waals surface area contributed by atoms with Crippen molar-refractivity contribution < 1.29 is 8.83 Å². The molecule has 11 rings (SSSR count). The second kappa shape index (κ2) is 11.2. The molecule has 0 saturated heterocycles. The van der Waals surface area contributed by atoms with E-state index in [-0.39, 0.29) is 0 Å². The molecule has 0 spiro atoms. The highest BCUT2D eigenvalue weighted by molar-refractivity contribution is 6.19. The minimum atomic E-state index is 0.646. The van der Waals surface area contributed by atoms with Crippen molar-refractivity contribution in [2.75, 3.05) is 0 Å². The fraction of sp³-hybridized carbons (Fsp3) is 0. The molecular formula is C48H28N2O2. The van der Waals surface area contributed by atoms with Crippen LogP contribution in [0.3, 0.4) is 0 Å². The summed E-state index contributed by atoms with van der Waals surface area (Å²) >= 11 is 0. The van der Waals surface area contributed by atoms with Crippen LogP contribution in [-0.2, 0) is 0 Å². The summed E-state index contributed by atoms with van der Waals surface area (Å²) in [7, 11) is 0. The van der Waals surface area contributed by atoms with E-state index in [9.17, 15) is 0 Å². The summed E-state index contributed by atoms with van der Waals surface area (Å²) in [6.07, 6.45) is 0. The van der Waals surface area contributed by atoms with Crippen LogP contribution in [-0.4, -0.2) is 9.97 Å². The van der Waals surface area contributed by atoms with Crippen molar-refractivity contribution >= 4 is 65.4 Å². The van der Waals surface area contributed by atoms with Crippen molar-refractivity contribution in [2.45, 2.75) is 0 Å². The van der Waals surface area contributed by atoms with Gasteiger partial charge in [0, 0.05) is 38.2 Å². The summed E-state index contributed by atoms with van der Waals surface area (Å²) in [5.41, 5.74) is 10.0. The van der Waals surface area contributed by atoms with Crippen LogP contribution >= 0.6 is 0 Å². The van der Waals surface area contributed by atoms with E-state index in [0.29, 0.717) is 5.82 Å². The molecule has 3 aromatic heterocycles. The van der Waals surface area contributed by atoms with Crippen LogP contribution in [0.15, 0.2) is 179 Å². The molecule has 242 valence electrons. The van der Waals surface area contributed by atoms with E-state index >= 15 is 0 Å². The Bertz CT molecular complexity index is 3190. The van der Waals surface area contributed by atoms with Crippen molar-refractivity contribution in [1.82, 2.24) is 9.97 Å². The van der Waals surface area contributed by atoms with E-state index in [1.165, 1.54) is 21.5 Å². The first kappa shape index (κ1) is 28.8. The normalized spacial score (nSPS) is 11.8. The first-order valence-electron chi connectivity index (χ1n) is 17.5. The first-order valence-corrected chi connectivity index (χ1v) is 17.5. The quantitative estimate of drug-likeness (QED) is 0.176. The maximum atomic E-state index is 6.60. The highest BCUT2D eigenvalue weighted by atomic mass is 16.3. The fourth-order valence-corrected chi connectivity index (χ4v) is 7.88. The predicted octanol–water partition coefficient (Wildman–Crippen LogP) is 13.2. The Kier molecular flexibility index (Phi) is 6.22. The zero-order valence-corrected chi connectivity index (χ0v) is 27.9. The van der Waals surface area contributed by atoms with Crippen molar-refractivity contribution in [1.29, 1.82) is 0 Å². The first-order chi connectivity index (χ1) is 25.8. The van der Waals surface area contributed by atoms with Gasteiger partial charge in [-0.25, -0.2) is 9.97 Å². The molecule has 0 atom stereocenters. The van der Waals surface area contributed by atoms with Gasteiger partial charge in [0.25, 0.3) is 0 Å². The molecule has 11 aromatic rings. The molecule has 0 aliphatic rings. The Morgan fingerprint density at radius 1 is 0.346 bits per heavy atom. The SMILES string of the molecule is c1ccc(-c2nc(-c3cccc4c3oc3ccccc34)cc(-c3cccc4oc5cccc(-c6ccc7ccc8ccccc8c7c6)c5c34)n2)cc1. The highest BCUT2D eigenvalue weighted by Gasteiger charge is 2.21. The summed E-state index contributed by atoms with van der Waals surface area (Å²) in [4.78, 5) is 10.4. The van der Waals surface area contributed by atoms with Gasteiger partial charge in [-0.1, -0.05) is 133 Å². The van der Waals surface area contributed by atoms with Gasteiger partial charge >= 0.3 is 0 Å². The summed E-state index contributed by atoms with van der Waals surface area (Å²) < 4.78 is 13.1. The number of rotatable bonds is 4. The van der Waals surface area contributed by atoms with E-state index < -0.39 is 0 Å². The summed E-state index contributed by atoms with van der Waals surface area (Å²) in [5, 5.41) is 9.15. The Morgan fingerprint density at radius 2 is 0.942 bits per heavy atom. The molecule has 52 heavy (non-hydrogen) atoms. The molecule has 0 fully saturated rings. The van der Waals surface area contributed by atoms with Crippen molar-refractivity contribution in [2.24, 2.45) is 0 Å². The lowest BCUT2D eigenvalue weighted by molar-refractivity contribution is 0.669. The maximum absolute atomic E-state index is 6.60. The molecular weight excluding hydrogens is 637 g/mol. The third-order valence-electron chi connectivity index (χ3n) is 10.3. The number of hydrogen-bond donors (Lipinski definition) is 0. The average molecular weight is 665 g/mol. The maximum Gasteiger partial charge on any atom is 0.160 e. The molecule has 0 unspecified atom stereocenters. The molecule has 0 bridgehead atoms. The van der Waals surface area contributed by atoms with Gasteiger partial charge in [-0.15, -0.1) is 0 Å². The smallest absolute Gasteiger partial charge is 0.160 e. The second-order valence-corrected chi connectivity index (χ2v) is 13.3. The minimum absolute atomic E-state index is 0.646. The third-order valence-corrected chi connectivity index (χ3v) is 10.3. The van der Waals surface area contributed by atoms with Crippen molar-refractivity contribution in [3.05, 3.63) is 170 Å². The number of aromatic nitrogens is 2. The van der Waals surface area contributed by atoms with Gasteiger partial charge in [0.1, 0.15) is 22.3 Å². The number of benzene rings is 8. The zero-order valence-electron chi connectivity index (χ0n) is 27.9. The number of nitrogens with zero attached hydrogens (tertiary/aromatic N) is 2. The van der Waals surface area contributed by atoms with Gasteiger partial charge < -0.3 is 8.83 Å². The minimum Gasteiger partial charge on any atom is -0.456 e. The molecule has 4 heteroatoms. The van der Waals surface area contributed by atoms with Crippen LogP contribution in [0.25, 0.3) is 110 Å². The van der Waals surface area contributed by atoms with Crippen LogP contribution in [0, 0.1) is 0 Å². The van der Waals surface area contributed by atoms with Crippen LogP contribution in [0.5, 0.6) is 0 Å². The van der Waals surface area contributed by atoms with Crippen LogP contribution in [0.2, 0.25) is 0 Å². The third kappa shape index (κ3) is 4.41. The van der Waals surface area contributed by atoms with E-state index in [1.807, 2.05) is 48.5 Å². The lowest BCUT2D eigenvalue weighted by Gasteiger charge is -2.12. The van der Waals surface area contributed by atoms with Crippen molar-refractivity contribution in [3.8, 4) is 45.0 Å². The van der Waals surface area contributed by atoms with Gasteiger partial charge in [0.15, 0.2) is 5.82 Å². The van der Waals surface area contributed by atoms with Gasteiger partial charge in [0.05, 0.1) is 11.4 Å². The topological polar surface area (TPSA) is 52.1 Å². The predicted molar refractivity (Wildman–Crippen MR) is 213 cm³/mol. The fourth-order valence-electron chi connectivity index (χ4n) is 7.88. The lowest BCUT2D eigenvalue weighted by atomic mass is 9.93. The number of hydrogen-bond acceptors (Lipinski definition) is 4. The summed E-state index contributed by atoms with van der Waals surface area (Å²) in [6.45, 7) is 0.